The molecule has 1 aromatic carbocycles. The second kappa shape index (κ2) is 6.91. The van der Waals surface area contributed by atoms with Crippen LogP contribution in [0.5, 0.6) is 0 Å². The molecule has 0 N–H and O–H groups in total. The van der Waals surface area contributed by atoms with Gasteiger partial charge in [-0.05, 0) is 6.07 Å². The fourth-order valence-electron chi connectivity index (χ4n) is 2.17. The highest BCUT2D eigenvalue weighted by atomic mass is 16.5. The summed E-state index contributed by atoms with van der Waals surface area (Å²) in [4.78, 5) is 29.6. The zero-order chi connectivity index (χ0) is 16.9. The van der Waals surface area contributed by atoms with E-state index >= 15 is 0 Å². The van der Waals surface area contributed by atoms with Crippen LogP contribution in [0.15, 0.2) is 64.0 Å². The van der Waals surface area contributed by atoms with E-state index in [1.54, 1.807) is 25.4 Å². The van der Waals surface area contributed by atoms with Gasteiger partial charge in [-0.1, -0.05) is 41.6 Å². The lowest BCUT2D eigenvalue weighted by Gasteiger charge is -2.15. The zero-order valence-corrected chi connectivity index (χ0v) is 13.1. The van der Waals surface area contributed by atoms with Crippen molar-refractivity contribution < 1.29 is 9.32 Å². The van der Waals surface area contributed by atoms with Crippen LogP contribution in [-0.2, 0) is 17.9 Å². The van der Waals surface area contributed by atoms with E-state index in [1.807, 2.05) is 30.3 Å². The molecule has 0 aliphatic carbocycles. The van der Waals surface area contributed by atoms with E-state index in [1.165, 1.54) is 15.5 Å². The third-order valence-electron chi connectivity index (χ3n) is 3.50. The SMILES string of the molecule is CN(Cc1nc(-c2ccccc2)no1)C(=O)Cn1ccccc1=O. The molecule has 122 valence electrons. The van der Waals surface area contributed by atoms with Crippen molar-refractivity contribution in [2.75, 3.05) is 7.05 Å². The van der Waals surface area contributed by atoms with E-state index < -0.39 is 0 Å². The molecule has 0 unspecified atom stereocenters. The second-order valence-electron chi connectivity index (χ2n) is 5.29. The summed E-state index contributed by atoms with van der Waals surface area (Å²) in [5, 5.41) is 3.92. The van der Waals surface area contributed by atoms with Crippen LogP contribution in [0.1, 0.15) is 5.89 Å². The summed E-state index contributed by atoms with van der Waals surface area (Å²) in [6, 6.07) is 14.2. The number of amides is 1. The standard InChI is InChI=1S/C17H16N4O3/c1-20(16(23)12-21-10-6-5-9-15(21)22)11-14-18-17(19-24-14)13-7-3-2-4-8-13/h2-10H,11-12H2,1H3. The number of aromatic nitrogens is 3. The zero-order valence-electron chi connectivity index (χ0n) is 13.1. The average molecular weight is 324 g/mol. The summed E-state index contributed by atoms with van der Waals surface area (Å²) in [6.07, 6.45) is 1.58. The Labute approximate surface area is 138 Å². The second-order valence-corrected chi connectivity index (χ2v) is 5.29. The summed E-state index contributed by atoms with van der Waals surface area (Å²) < 4.78 is 6.54. The lowest BCUT2D eigenvalue weighted by atomic mass is 10.2. The third kappa shape index (κ3) is 3.57. The van der Waals surface area contributed by atoms with Crippen LogP contribution in [-0.4, -0.2) is 32.6 Å². The fourth-order valence-corrected chi connectivity index (χ4v) is 2.17. The molecular weight excluding hydrogens is 308 g/mol. The molecule has 1 amide bonds. The highest BCUT2D eigenvalue weighted by Gasteiger charge is 2.15. The molecular formula is C17H16N4O3. The first-order valence-electron chi connectivity index (χ1n) is 7.41. The summed E-state index contributed by atoms with van der Waals surface area (Å²) in [7, 11) is 1.63. The van der Waals surface area contributed by atoms with Gasteiger partial charge in [0.15, 0.2) is 0 Å². The molecule has 2 aromatic heterocycles. The molecule has 0 bridgehead atoms. The van der Waals surface area contributed by atoms with Gasteiger partial charge in [-0.15, -0.1) is 0 Å². The molecule has 3 rings (SSSR count). The van der Waals surface area contributed by atoms with E-state index in [9.17, 15) is 9.59 Å². The van der Waals surface area contributed by atoms with E-state index in [-0.39, 0.29) is 24.6 Å². The maximum Gasteiger partial charge on any atom is 0.250 e. The molecule has 2 heterocycles. The molecule has 0 atom stereocenters. The van der Waals surface area contributed by atoms with Crippen molar-refractivity contribution in [3.63, 3.8) is 0 Å². The predicted octanol–water partition coefficient (Wildman–Crippen LogP) is 1.56. The van der Waals surface area contributed by atoms with E-state index in [2.05, 4.69) is 10.1 Å². The van der Waals surface area contributed by atoms with Crippen molar-refractivity contribution in [1.29, 1.82) is 0 Å². The molecule has 7 nitrogen and oxygen atoms in total. The number of hydrogen-bond donors (Lipinski definition) is 0. The maximum absolute atomic E-state index is 12.2. The lowest BCUT2D eigenvalue weighted by molar-refractivity contribution is -0.131. The molecule has 24 heavy (non-hydrogen) atoms. The van der Waals surface area contributed by atoms with Gasteiger partial charge in [-0.25, -0.2) is 0 Å². The molecule has 0 saturated heterocycles. The lowest BCUT2D eigenvalue weighted by Crippen LogP contribution is -2.33. The van der Waals surface area contributed by atoms with Gasteiger partial charge in [0, 0.05) is 24.9 Å². The number of likely N-dealkylation sites (N-methyl/N-ethyl adjacent to an activating group) is 1. The van der Waals surface area contributed by atoms with Gasteiger partial charge in [0.25, 0.3) is 5.56 Å². The maximum atomic E-state index is 12.2. The van der Waals surface area contributed by atoms with Crippen LogP contribution in [0.2, 0.25) is 0 Å². The monoisotopic (exact) mass is 324 g/mol. The van der Waals surface area contributed by atoms with Gasteiger partial charge in [-0.2, -0.15) is 4.98 Å². The first-order chi connectivity index (χ1) is 11.6. The first kappa shape index (κ1) is 15.7. The minimum absolute atomic E-state index is 0.0319. The number of rotatable bonds is 5. The molecule has 0 radical (unpaired) electrons. The molecule has 7 heteroatoms. The Morgan fingerprint density at radius 1 is 1.17 bits per heavy atom. The van der Waals surface area contributed by atoms with Crippen molar-refractivity contribution >= 4 is 5.91 Å². The van der Waals surface area contributed by atoms with Crippen LogP contribution in [0.3, 0.4) is 0 Å². The number of carbonyl (C=O) groups excluding carboxylic acids is 1. The summed E-state index contributed by atoms with van der Waals surface area (Å²) in [5.74, 6) is 0.596. The highest BCUT2D eigenvalue weighted by molar-refractivity contribution is 5.75. The quantitative estimate of drug-likeness (QED) is 0.711. The van der Waals surface area contributed by atoms with Crippen LogP contribution in [0.4, 0.5) is 0 Å². The Hall–Kier alpha value is -3.22. The number of hydrogen-bond acceptors (Lipinski definition) is 5. The van der Waals surface area contributed by atoms with Crippen molar-refractivity contribution in [3.8, 4) is 11.4 Å². The predicted molar refractivity (Wildman–Crippen MR) is 86.9 cm³/mol. The van der Waals surface area contributed by atoms with Crippen LogP contribution >= 0.6 is 0 Å². The van der Waals surface area contributed by atoms with Gasteiger partial charge >= 0.3 is 0 Å². The van der Waals surface area contributed by atoms with Gasteiger partial charge in [0.05, 0.1) is 6.54 Å². The van der Waals surface area contributed by atoms with Crippen molar-refractivity contribution in [2.24, 2.45) is 0 Å². The van der Waals surface area contributed by atoms with Crippen LogP contribution < -0.4 is 5.56 Å². The van der Waals surface area contributed by atoms with E-state index in [0.29, 0.717) is 11.7 Å². The number of benzene rings is 1. The van der Waals surface area contributed by atoms with Crippen molar-refractivity contribution in [1.82, 2.24) is 19.6 Å². The minimum atomic E-state index is -0.220. The molecule has 0 fully saturated rings. The van der Waals surface area contributed by atoms with Gasteiger partial charge < -0.3 is 14.0 Å². The molecule has 0 saturated carbocycles. The Balaban J connectivity index is 1.66. The smallest absolute Gasteiger partial charge is 0.250 e. The number of nitrogens with zero attached hydrogens (tertiary/aromatic N) is 4. The number of carbonyl (C=O) groups is 1. The van der Waals surface area contributed by atoms with Gasteiger partial charge in [-0.3, -0.25) is 9.59 Å². The normalized spacial score (nSPS) is 10.5. The Morgan fingerprint density at radius 3 is 2.67 bits per heavy atom. The molecule has 3 aromatic rings. The largest absolute Gasteiger partial charge is 0.337 e. The summed E-state index contributed by atoms with van der Waals surface area (Å²) >= 11 is 0. The topological polar surface area (TPSA) is 81.2 Å². The molecule has 0 spiro atoms. The number of pyridine rings is 1. The third-order valence-corrected chi connectivity index (χ3v) is 3.50. The first-order valence-corrected chi connectivity index (χ1v) is 7.41. The Morgan fingerprint density at radius 2 is 1.92 bits per heavy atom. The van der Waals surface area contributed by atoms with Crippen molar-refractivity contribution in [3.05, 3.63) is 71.0 Å². The average Bonchev–Trinajstić information content (AvgIpc) is 3.06. The van der Waals surface area contributed by atoms with Crippen LogP contribution in [0, 0.1) is 0 Å². The minimum Gasteiger partial charge on any atom is -0.337 e. The summed E-state index contributed by atoms with van der Waals surface area (Å²) in [5.41, 5.74) is 0.626. The molecule has 0 aliphatic rings. The Bertz CT molecular complexity index is 886. The summed E-state index contributed by atoms with van der Waals surface area (Å²) in [6.45, 7) is 0.149. The van der Waals surface area contributed by atoms with Gasteiger partial charge in [0.1, 0.15) is 6.54 Å². The van der Waals surface area contributed by atoms with Crippen LogP contribution in [0.25, 0.3) is 11.4 Å². The van der Waals surface area contributed by atoms with Crippen molar-refractivity contribution in [2.45, 2.75) is 13.1 Å². The Kier molecular flexibility index (Phi) is 4.51. The van der Waals surface area contributed by atoms with Gasteiger partial charge in [0.2, 0.25) is 17.6 Å². The van der Waals surface area contributed by atoms with E-state index in [0.717, 1.165) is 5.56 Å². The molecule has 0 aliphatic heterocycles. The fraction of sp³-hybridized carbons (Fsp3) is 0.176. The highest BCUT2D eigenvalue weighted by Crippen LogP contribution is 2.15. The van der Waals surface area contributed by atoms with E-state index in [4.69, 9.17) is 4.52 Å².